The second kappa shape index (κ2) is 6.20. The van der Waals surface area contributed by atoms with Crippen LogP contribution >= 0.6 is 0 Å². The Balaban J connectivity index is 1.73. The molecule has 0 spiro atoms. The fourth-order valence-electron chi connectivity index (χ4n) is 2.88. The summed E-state index contributed by atoms with van der Waals surface area (Å²) in [4.78, 5) is 24.6. The maximum Gasteiger partial charge on any atom is 0.410 e. The molecule has 7 nitrogen and oxygen atoms in total. The van der Waals surface area contributed by atoms with E-state index in [1.165, 1.54) is 0 Å². The topological polar surface area (TPSA) is 81.9 Å². The molecule has 2 aliphatic rings. The number of benzene rings is 1. The molecule has 1 aromatic carbocycles. The van der Waals surface area contributed by atoms with Crippen LogP contribution in [0.5, 0.6) is 5.75 Å². The summed E-state index contributed by atoms with van der Waals surface area (Å²) >= 11 is 0. The van der Waals surface area contributed by atoms with Gasteiger partial charge in [-0.1, -0.05) is 0 Å². The summed E-state index contributed by atoms with van der Waals surface area (Å²) in [7, 11) is 0. The number of nitrogens with zero attached hydrogens (tertiary/aromatic N) is 2. The zero-order valence-corrected chi connectivity index (χ0v) is 15.1. The van der Waals surface area contributed by atoms with Gasteiger partial charge in [0.25, 0.3) is 0 Å². The van der Waals surface area contributed by atoms with Gasteiger partial charge in [0.2, 0.25) is 0 Å². The molecule has 0 bridgehead atoms. The second-order valence-electron chi connectivity index (χ2n) is 7.83. The van der Waals surface area contributed by atoms with Crippen LogP contribution in [0.25, 0.3) is 0 Å². The number of nitro benzene ring substituents is 1. The number of carbonyl (C=O) groups is 1. The fourth-order valence-corrected chi connectivity index (χ4v) is 2.88. The normalized spacial score (nSPS) is 17.8. The second-order valence-corrected chi connectivity index (χ2v) is 7.83. The largest absolute Gasteiger partial charge is 0.483 e. The predicted molar refractivity (Wildman–Crippen MR) is 92.0 cm³/mol. The minimum atomic E-state index is -0.517. The van der Waals surface area contributed by atoms with E-state index < -0.39 is 10.5 Å². The Labute approximate surface area is 147 Å². The van der Waals surface area contributed by atoms with Crippen molar-refractivity contribution in [2.75, 3.05) is 13.1 Å². The van der Waals surface area contributed by atoms with Crippen molar-refractivity contribution >= 4 is 11.8 Å². The van der Waals surface area contributed by atoms with Crippen molar-refractivity contribution in [2.24, 2.45) is 0 Å². The Hall–Kier alpha value is -2.31. The molecule has 25 heavy (non-hydrogen) atoms. The maximum absolute atomic E-state index is 12.1. The van der Waals surface area contributed by atoms with Gasteiger partial charge >= 0.3 is 11.8 Å². The van der Waals surface area contributed by atoms with Crippen LogP contribution in [0.2, 0.25) is 0 Å². The Morgan fingerprint density at radius 1 is 1.28 bits per heavy atom. The van der Waals surface area contributed by atoms with Gasteiger partial charge in [-0.05, 0) is 57.7 Å². The maximum atomic E-state index is 12.1. The van der Waals surface area contributed by atoms with Gasteiger partial charge < -0.3 is 14.4 Å². The summed E-state index contributed by atoms with van der Waals surface area (Å²) in [6, 6.07) is 3.35. The number of likely N-dealkylation sites (tertiary alicyclic amines) is 1. The standard InChI is InChI=1S/C18H24N2O5/c1-11-7-15(20(22)23)16(24-13-5-6-13)8-14(11)12-9-19(10-12)17(21)25-18(2,3)4/h7-8,12-13H,5-6,9-10H2,1-4H3. The molecule has 1 aliphatic heterocycles. The van der Waals surface area contributed by atoms with Gasteiger partial charge in [-0.2, -0.15) is 0 Å². The smallest absolute Gasteiger partial charge is 0.410 e. The lowest BCUT2D eigenvalue weighted by molar-refractivity contribution is -0.386. The van der Waals surface area contributed by atoms with Crippen molar-refractivity contribution in [3.8, 4) is 5.75 Å². The van der Waals surface area contributed by atoms with E-state index in [2.05, 4.69) is 0 Å². The summed E-state index contributed by atoms with van der Waals surface area (Å²) < 4.78 is 11.1. The molecular formula is C18H24N2O5. The lowest BCUT2D eigenvalue weighted by Gasteiger charge is -2.40. The van der Waals surface area contributed by atoms with Crippen LogP contribution < -0.4 is 4.74 Å². The third-order valence-electron chi connectivity index (χ3n) is 4.34. The number of nitro groups is 1. The zero-order valence-electron chi connectivity index (χ0n) is 15.1. The minimum absolute atomic E-state index is 0.0106. The molecule has 0 aromatic heterocycles. The quantitative estimate of drug-likeness (QED) is 0.611. The predicted octanol–water partition coefficient (Wildman–Crippen LogP) is 3.78. The molecule has 1 saturated heterocycles. The van der Waals surface area contributed by atoms with Gasteiger partial charge in [0.05, 0.1) is 11.0 Å². The van der Waals surface area contributed by atoms with Gasteiger partial charge in [-0.3, -0.25) is 10.1 Å². The number of amides is 1. The highest BCUT2D eigenvalue weighted by Gasteiger charge is 2.37. The number of carbonyl (C=O) groups excluding carboxylic acids is 1. The lowest BCUT2D eigenvalue weighted by atomic mass is 9.88. The van der Waals surface area contributed by atoms with E-state index in [4.69, 9.17) is 9.47 Å². The highest BCUT2D eigenvalue weighted by Crippen LogP contribution is 2.39. The third-order valence-corrected chi connectivity index (χ3v) is 4.34. The number of hydrogen-bond acceptors (Lipinski definition) is 5. The molecule has 0 unspecified atom stereocenters. The van der Waals surface area contributed by atoms with Gasteiger partial charge in [0.1, 0.15) is 5.60 Å². The Bertz CT molecular complexity index is 700. The molecule has 1 saturated carbocycles. The highest BCUT2D eigenvalue weighted by atomic mass is 16.6. The molecule has 1 amide bonds. The van der Waals surface area contributed by atoms with E-state index in [1.807, 2.05) is 27.7 Å². The Morgan fingerprint density at radius 2 is 1.92 bits per heavy atom. The van der Waals surface area contributed by atoms with Crippen LogP contribution in [0.15, 0.2) is 12.1 Å². The molecule has 136 valence electrons. The Kier molecular flexibility index (Phi) is 4.34. The molecule has 0 atom stereocenters. The molecular weight excluding hydrogens is 324 g/mol. The van der Waals surface area contributed by atoms with Crippen LogP contribution in [0.1, 0.15) is 50.7 Å². The number of aryl methyl sites for hydroxylation is 1. The van der Waals surface area contributed by atoms with E-state index in [0.717, 1.165) is 24.0 Å². The van der Waals surface area contributed by atoms with Crippen LogP contribution in [0, 0.1) is 17.0 Å². The average Bonchev–Trinajstić information content (AvgIpc) is 3.21. The van der Waals surface area contributed by atoms with Crippen molar-refractivity contribution in [3.63, 3.8) is 0 Å². The molecule has 1 aromatic rings. The fraction of sp³-hybridized carbons (Fsp3) is 0.611. The van der Waals surface area contributed by atoms with E-state index in [9.17, 15) is 14.9 Å². The summed E-state index contributed by atoms with van der Waals surface area (Å²) in [5.74, 6) is 0.485. The van der Waals surface area contributed by atoms with Crippen molar-refractivity contribution in [2.45, 2.75) is 58.2 Å². The molecule has 2 fully saturated rings. The Morgan fingerprint density at radius 3 is 2.44 bits per heavy atom. The van der Waals surface area contributed by atoms with Crippen LogP contribution in [0.3, 0.4) is 0 Å². The van der Waals surface area contributed by atoms with Crippen LogP contribution in [-0.4, -0.2) is 40.7 Å². The van der Waals surface area contributed by atoms with Gasteiger partial charge in [0, 0.05) is 25.1 Å². The van der Waals surface area contributed by atoms with E-state index in [0.29, 0.717) is 18.8 Å². The van der Waals surface area contributed by atoms with Crippen LogP contribution in [0.4, 0.5) is 10.5 Å². The van der Waals surface area contributed by atoms with Crippen molar-refractivity contribution in [1.29, 1.82) is 0 Å². The SMILES string of the molecule is Cc1cc([N+](=O)[O-])c(OC2CC2)cc1C1CN(C(=O)OC(C)(C)C)C1. The molecule has 3 rings (SSSR count). The zero-order chi connectivity index (χ0) is 18.4. The first-order valence-electron chi connectivity index (χ1n) is 8.57. The van der Waals surface area contributed by atoms with Gasteiger partial charge in [0.15, 0.2) is 5.75 Å². The van der Waals surface area contributed by atoms with Crippen molar-refractivity contribution < 1.29 is 19.2 Å². The summed E-state index contributed by atoms with van der Waals surface area (Å²) in [6.07, 6.45) is 1.65. The molecule has 0 N–H and O–H groups in total. The van der Waals surface area contributed by atoms with Gasteiger partial charge in [-0.15, -0.1) is 0 Å². The minimum Gasteiger partial charge on any atom is -0.483 e. The number of ether oxygens (including phenoxy) is 2. The molecule has 0 radical (unpaired) electrons. The average molecular weight is 348 g/mol. The molecule has 7 heteroatoms. The summed E-state index contributed by atoms with van der Waals surface area (Å²) in [5, 5.41) is 11.3. The first-order valence-corrected chi connectivity index (χ1v) is 8.57. The first-order chi connectivity index (χ1) is 11.6. The number of hydrogen-bond donors (Lipinski definition) is 0. The number of rotatable bonds is 4. The van der Waals surface area contributed by atoms with Crippen LogP contribution in [-0.2, 0) is 4.74 Å². The summed E-state index contributed by atoms with van der Waals surface area (Å²) in [6.45, 7) is 8.48. The first kappa shape index (κ1) is 17.5. The van der Waals surface area contributed by atoms with Crippen molar-refractivity contribution in [1.82, 2.24) is 4.90 Å². The molecule has 1 aliphatic carbocycles. The van der Waals surface area contributed by atoms with Gasteiger partial charge in [-0.25, -0.2) is 4.79 Å². The van der Waals surface area contributed by atoms with E-state index in [1.54, 1.807) is 17.0 Å². The van der Waals surface area contributed by atoms with Crippen molar-refractivity contribution in [3.05, 3.63) is 33.4 Å². The molecule has 1 heterocycles. The van der Waals surface area contributed by atoms with E-state index >= 15 is 0 Å². The highest BCUT2D eigenvalue weighted by molar-refractivity contribution is 5.70. The summed E-state index contributed by atoms with van der Waals surface area (Å²) in [5.41, 5.74) is 1.35. The lowest BCUT2D eigenvalue weighted by Crippen LogP contribution is -2.50. The van der Waals surface area contributed by atoms with E-state index in [-0.39, 0.29) is 23.8 Å². The monoisotopic (exact) mass is 348 g/mol. The third kappa shape index (κ3) is 4.03.